The predicted octanol–water partition coefficient (Wildman–Crippen LogP) is 4.79. The number of anilines is 1. The molecule has 0 aliphatic heterocycles. The number of hydrogen-bond donors (Lipinski definition) is 1. The molecule has 0 atom stereocenters. The van der Waals surface area contributed by atoms with Gasteiger partial charge in [0.25, 0.3) is 0 Å². The average molecular weight is 348 g/mol. The number of aliphatic imine (C=N–C) groups is 1. The van der Waals surface area contributed by atoms with E-state index in [1.165, 1.54) is 6.92 Å². The van der Waals surface area contributed by atoms with Crippen molar-refractivity contribution in [1.29, 1.82) is 0 Å². The van der Waals surface area contributed by atoms with Crippen LogP contribution in [0.4, 0.5) is 36.4 Å². The average Bonchev–Trinajstić information content (AvgIpc) is 2.33. The number of nitrogens with zero attached hydrogens (tertiary/aromatic N) is 1. The molecule has 0 bridgehead atoms. The summed E-state index contributed by atoms with van der Waals surface area (Å²) in [7, 11) is 0.862. The van der Waals surface area contributed by atoms with Crippen molar-refractivity contribution in [3.8, 4) is 0 Å². The number of thioether (sulfide) groups is 1. The van der Waals surface area contributed by atoms with E-state index in [0.29, 0.717) is 11.8 Å². The lowest BCUT2D eigenvalue weighted by Gasteiger charge is -2.15. The molecule has 0 amide bonds. The Kier molecular flexibility index (Phi) is 5.71. The third-order valence-corrected chi connectivity index (χ3v) is 3.62. The van der Waals surface area contributed by atoms with Crippen molar-refractivity contribution in [3.05, 3.63) is 23.5 Å². The van der Waals surface area contributed by atoms with Gasteiger partial charge in [-0.2, -0.15) is 26.3 Å². The minimum absolute atomic E-state index is 0.0267. The molecule has 0 spiro atoms. The summed E-state index contributed by atoms with van der Waals surface area (Å²) >= 11 is 0.366. The molecule has 1 aromatic carbocycles. The van der Waals surface area contributed by atoms with Gasteiger partial charge in [0.15, 0.2) is 0 Å². The summed E-state index contributed by atoms with van der Waals surface area (Å²) in [5.41, 5.74) is -0.396. The number of nitrogens with one attached hydrogen (secondary N) is 1. The largest absolute Gasteiger partial charge is 0.449 e. The first-order chi connectivity index (χ1) is 9.94. The summed E-state index contributed by atoms with van der Waals surface area (Å²) in [6.45, 7) is 1.37. The molecular formula is C12H11F7N2S. The molecule has 1 aromatic rings. The SMILES string of the molecule is CN=C(Nc1cc(SCC(F)(F)F)c(C)cc1F)C(F)(F)F. The van der Waals surface area contributed by atoms with Crippen molar-refractivity contribution in [2.45, 2.75) is 24.2 Å². The van der Waals surface area contributed by atoms with Gasteiger partial charge in [-0.1, -0.05) is 0 Å². The molecule has 10 heteroatoms. The second kappa shape index (κ2) is 6.76. The first kappa shape index (κ1) is 18.6. The van der Waals surface area contributed by atoms with E-state index < -0.39 is 35.4 Å². The van der Waals surface area contributed by atoms with Gasteiger partial charge in [0.05, 0.1) is 11.4 Å². The normalized spacial score (nSPS) is 13.4. The van der Waals surface area contributed by atoms with Crippen molar-refractivity contribution in [2.24, 2.45) is 4.99 Å². The zero-order valence-corrected chi connectivity index (χ0v) is 12.2. The Morgan fingerprint density at radius 3 is 2.23 bits per heavy atom. The molecule has 0 aliphatic carbocycles. The molecule has 0 aliphatic rings. The summed E-state index contributed by atoms with van der Waals surface area (Å²) in [6.07, 6.45) is -9.27. The van der Waals surface area contributed by atoms with Crippen molar-refractivity contribution in [3.63, 3.8) is 0 Å². The van der Waals surface area contributed by atoms with Gasteiger partial charge in [0, 0.05) is 11.9 Å². The van der Waals surface area contributed by atoms with Crippen molar-refractivity contribution >= 4 is 23.3 Å². The number of aryl methyl sites for hydroxylation is 1. The zero-order valence-electron chi connectivity index (χ0n) is 11.4. The zero-order chi connectivity index (χ0) is 17.1. The van der Waals surface area contributed by atoms with E-state index in [-0.39, 0.29) is 10.5 Å². The third-order valence-electron chi connectivity index (χ3n) is 2.40. The lowest BCUT2D eigenvalue weighted by Crippen LogP contribution is -2.30. The molecule has 0 aromatic heterocycles. The lowest BCUT2D eigenvalue weighted by molar-refractivity contribution is -0.105. The number of rotatable bonds is 3. The van der Waals surface area contributed by atoms with Gasteiger partial charge < -0.3 is 5.32 Å². The van der Waals surface area contributed by atoms with Gasteiger partial charge in [-0.05, 0) is 24.6 Å². The number of amidine groups is 1. The van der Waals surface area contributed by atoms with Gasteiger partial charge in [0.1, 0.15) is 5.82 Å². The Morgan fingerprint density at radius 2 is 1.77 bits per heavy atom. The van der Waals surface area contributed by atoms with E-state index in [1.807, 2.05) is 0 Å². The Morgan fingerprint density at radius 1 is 1.18 bits per heavy atom. The summed E-state index contributed by atoms with van der Waals surface area (Å²) in [6, 6.07) is 1.77. The quantitative estimate of drug-likeness (QED) is 0.368. The van der Waals surface area contributed by atoms with Crippen molar-refractivity contribution in [1.82, 2.24) is 0 Å². The van der Waals surface area contributed by atoms with Crippen LogP contribution in [0.2, 0.25) is 0 Å². The van der Waals surface area contributed by atoms with Crippen LogP contribution in [0.3, 0.4) is 0 Å². The molecule has 0 heterocycles. The van der Waals surface area contributed by atoms with Crippen LogP contribution >= 0.6 is 11.8 Å². The van der Waals surface area contributed by atoms with Gasteiger partial charge in [-0.15, -0.1) is 11.8 Å². The molecular weight excluding hydrogens is 337 g/mol. The van der Waals surface area contributed by atoms with E-state index in [9.17, 15) is 30.7 Å². The van der Waals surface area contributed by atoms with Gasteiger partial charge in [0.2, 0.25) is 5.84 Å². The van der Waals surface area contributed by atoms with E-state index in [4.69, 9.17) is 0 Å². The van der Waals surface area contributed by atoms with Crippen LogP contribution in [0.15, 0.2) is 22.0 Å². The fraction of sp³-hybridized carbons (Fsp3) is 0.417. The number of benzene rings is 1. The van der Waals surface area contributed by atoms with Crippen LogP contribution in [0.5, 0.6) is 0 Å². The van der Waals surface area contributed by atoms with Crippen LogP contribution in [0, 0.1) is 12.7 Å². The maximum Gasteiger partial charge on any atom is 0.449 e. The molecule has 124 valence electrons. The highest BCUT2D eigenvalue weighted by atomic mass is 32.2. The van der Waals surface area contributed by atoms with Gasteiger partial charge >= 0.3 is 12.4 Å². The number of alkyl halides is 6. The summed E-state index contributed by atoms with van der Waals surface area (Å²) in [5.74, 6) is -3.69. The van der Waals surface area contributed by atoms with Crippen molar-refractivity contribution in [2.75, 3.05) is 18.1 Å². The van der Waals surface area contributed by atoms with Gasteiger partial charge in [-0.3, -0.25) is 4.99 Å². The first-order valence-corrected chi connectivity index (χ1v) is 6.73. The van der Waals surface area contributed by atoms with Gasteiger partial charge in [-0.25, -0.2) is 4.39 Å². The summed E-state index contributed by atoms with van der Waals surface area (Å²) in [4.78, 5) is 2.99. The molecule has 0 saturated carbocycles. The molecule has 0 unspecified atom stereocenters. The van der Waals surface area contributed by atoms with E-state index in [0.717, 1.165) is 19.2 Å². The fourth-order valence-electron chi connectivity index (χ4n) is 1.44. The Bertz CT molecular complexity index is 564. The standard InChI is InChI=1S/C12H11F7N2S/c1-6-3-7(13)8(21-10(20-2)12(17,18)19)4-9(6)22-5-11(14,15)16/h3-4H,5H2,1-2H3,(H,20,21). The highest BCUT2D eigenvalue weighted by Gasteiger charge is 2.36. The highest BCUT2D eigenvalue weighted by molar-refractivity contribution is 7.99. The number of halogens is 7. The van der Waals surface area contributed by atoms with E-state index in [1.54, 1.807) is 5.32 Å². The molecule has 0 saturated heterocycles. The van der Waals surface area contributed by atoms with Crippen LogP contribution in [-0.2, 0) is 0 Å². The van der Waals surface area contributed by atoms with Crippen LogP contribution in [-0.4, -0.2) is 31.0 Å². The third kappa shape index (κ3) is 5.39. The Balaban J connectivity index is 3.06. The summed E-state index contributed by atoms with van der Waals surface area (Å²) in [5, 5.41) is 1.76. The Labute approximate surface area is 125 Å². The van der Waals surface area contributed by atoms with Crippen LogP contribution in [0.1, 0.15) is 5.56 Å². The van der Waals surface area contributed by atoms with Crippen molar-refractivity contribution < 1.29 is 30.7 Å². The smallest absolute Gasteiger partial charge is 0.334 e. The van der Waals surface area contributed by atoms with Crippen LogP contribution in [0.25, 0.3) is 0 Å². The maximum atomic E-state index is 13.7. The predicted molar refractivity (Wildman–Crippen MR) is 71.0 cm³/mol. The summed E-state index contributed by atoms with van der Waals surface area (Å²) < 4.78 is 87.9. The lowest BCUT2D eigenvalue weighted by atomic mass is 10.2. The second-order valence-corrected chi connectivity index (χ2v) is 5.21. The highest BCUT2D eigenvalue weighted by Crippen LogP contribution is 2.33. The molecule has 1 rings (SSSR count). The van der Waals surface area contributed by atoms with E-state index >= 15 is 0 Å². The molecule has 1 N–H and O–H groups in total. The fourth-order valence-corrected chi connectivity index (χ4v) is 2.25. The Hall–Kier alpha value is -1.45. The topological polar surface area (TPSA) is 24.4 Å². The second-order valence-electron chi connectivity index (χ2n) is 4.20. The molecule has 22 heavy (non-hydrogen) atoms. The van der Waals surface area contributed by atoms with E-state index in [2.05, 4.69) is 4.99 Å². The molecule has 0 fully saturated rings. The molecule has 2 nitrogen and oxygen atoms in total. The van der Waals surface area contributed by atoms with Crippen LogP contribution < -0.4 is 5.32 Å². The first-order valence-electron chi connectivity index (χ1n) is 5.74. The minimum Gasteiger partial charge on any atom is -0.334 e. The molecule has 0 radical (unpaired) electrons. The maximum absolute atomic E-state index is 13.7. The number of hydrogen-bond acceptors (Lipinski definition) is 2. The monoisotopic (exact) mass is 348 g/mol. The minimum atomic E-state index is -4.83.